The Morgan fingerprint density at radius 3 is 2.14 bits per heavy atom. The molecule has 4 rings (SSSR count). The lowest BCUT2D eigenvalue weighted by molar-refractivity contribution is -0.116. The zero-order valence-electron chi connectivity index (χ0n) is 20.7. The second-order valence-corrected chi connectivity index (χ2v) is 9.11. The van der Waals surface area contributed by atoms with Crippen LogP contribution in [0, 0.1) is 5.92 Å². The zero-order chi connectivity index (χ0) is 23.4. The Morgan fingerprint density at radius 2 is 1.56 bits per heavy atom. The fourth-order valence-corrected chi connectivity index (χ4v) is 4.86. The standard InChI is InChI=1S/C30H35N3O.2ClH/c34-29(17-16-26-11-9-20-31-24-26)32-21-8-7-10-25-18-22-33(23-19-25)30(27-12-3-1-4-13-27)28-14-5-2-6-15-28;;/h1-6,9,11-17,20,24-25,30H,7-8,10,18-19,21-23H2,(H,32,34);2*1H/b17-16-;;. The van der Waals surface area contributed by atoms with Gasteiger partial charge >= 0.3 is 0 Å². The Hall–Kier alpha value is -2.66. The number of hydrogen-bond donors (Lipinski definition) is 1. The SMILES string of the molecule is Cl.Cl.O=C(/C=C\c1cccnc1)NCCCCC1CCN(C(c2ccccc2)c2ccccc2)CC1. The molecule has 4 nitrogen and oxygen atoms in total. The van der Waals surface area contributed by atoms with E-state index in [0.29, 0.717) is 6.04 Å². The lowest BCUT2D eigenvalue weighted by Gasteiger charge is -2.38. The first-order chi connectivity index (χ1) is 16.8. The maximum atomic E-state index is 12.0. The summed E-state index contributed by atoms with van der Waals surface area (Å²) in [6.45, 7) is 3.00. The Labute approximate surface area is 228 Å². The fourth-order valence-electron chi connectivity index (χ4n) is 4.86. The van der Waals surface area contributed by atoms with Crippen molar-refractivity contribution >= 4 is 36.8 Å². The molecular weight excluding hydrogens is 489 g/mol. The molecule has 0 unspecified atom stereocenters. The van der Waals surface area contributed by atoms with Gasteiger partial charge in [0.25, 0.3) is 0 Å². The number of piperidine rings is 1. The summed E-state index contributed by atoms with van der Waals surface area (Å²) in [6, 6.07) is 25.9. The van der Waals surface area contributed by atoms with Gasteiger partial charge in [-0.05, 0) is 67.1 Å². The summed E-state index contributed by atoms with van der Waals surface area (Å²) in [4.78, 5) is 18.7. The van der Waals surface area contributed by atoms with E-state index in [1.165, 1.54) is 30.4 Å². The topological polar surface area (TPSA) is 45.2 Å². The molecule has 0 saturated carbocycles. The molecule has 1 saturated heterocycles. The number of hydrogen-bond acceptors (Lipinski definition) is 3. The number of halogens is 2. The van der Waals surface area contributed by atoms with Gasteiger partial charge in [0.15, 0.2) is 0 Å². The smallest absolute Gasteiger partial charge is 0.243 e. The molecule has 0 spiro atoms. The highest BCUT2D eigenvalue weighted by Crippen LogP contribution is 2.33. The van der Waals surface area contributed by atoms with Crippen LogP contribution in [-0.4, -0.2) is 35.4 Å². The number of carbonyl (C=O) groups excluding carboxylic acids is 1. The lowest BCUT2D eigenvalue weighted by Crippen LogP contribution is -2.37. The summed E-state index contributed by atoms with van der Waals surface area (Å²) in [7, 11) is 0. The van der Waals surface area contributed by atoms with Crippen LogP contribution in [0.4, 0.5) is 0 Å². The first kappa shape index (κ1) is 29.6. The predicted octanol–water partition coefficient (Wildman–Crippen LogP) is 6.73. The Kier molecular flexibility index (Phi) is 13.3. The number of aromatic nitrogens is 1. The summed E-state index contributed by atoms with van der Waals surface area (Å²) in [6.07, 6.45) is 12.8. The molecule has 1 aromatic heterocycles. The Bertz CT molecular complexity index is 984. The molecule has 1 aliphatic heterocycles. The summed E-state index contributed by atoms with van der Waals surface area (Å²) in [5.74, 6) is 0.745. The number of nitrogens with zero attached hydrogens (tertiary/aromatic N) is 2. The molecule has 36 heavy (non-hydrogen) atoms. The van der Waals surface area contributed by atoms with Crippen molar-refractivity contribution in [3.05, 3.63) is 108 Å². The number of pyridine rings is 1. The minimum atomic E-state index is -0.0370. The van der Waals surface area contributed by atoms with E-state index in [-0.39, 0.29) is 30.7 Å². The van der Waals surface area contributed by atoms with Crippen molar-refractivity contribution in [3.63, 3.8) is 0 Å². The maximum Gasteiger partial charge on any atom is 0.243 e. The molecule has 1 aliphatic rings. The van der Waals surface area contributed by atoms with E-state index in [9.17, 15) is 4.79 Å². The molecule has 0 bridgehead atoms. The van der Waals surface area contributed by atoms with Gasteiger partial charge in [-0.2, -0.15) is 0 Å². The number of carbonyl (C=O) groups is 1. The van der Waals surface area contributed by atoms with Gasteiger partial charge in [-0.25, -0.2) is 0 Å². The van der Waals surface area contributed by atoms with Crippen molar-refractivity contribution in [1.29, 1.82) is 0 Å². The van der Waals surface area contributed by atoms with Gasteiger partial charge in [0.05, 0.1) is 6.04 Å². The molecule has 1 fully saturated rings. The van der Waals surface area contributed by atoms with Crippen LogP contribution in [0.2, 0.25) is 0 Å². The highest BCUT2D eigenvalue weighted by molar-refractivity contribution is 5.91. The molecule has 3 aromatic rings. The van der Waals surface area contributed by atoms with Gasteiger partial charge in [-0.15, -0.1) is 24.8 Å². The normalized spacial score (nSPS) is 14.2. The van der Waals surface area contributed by atoms with Crippen LogP contribution in [0.5, 0.6) is 0 Å². The molecule has 192 valence electrons. The molecular formula is C30H37Cl2N3O. The highest BCUT2D eigenvalue weighted by atomic mass is 35.5. The highest BCUT2D eigenvalue weighted by Gasteiger charge is 2.27. The van der Waals surface area contributed by atoms with Crippen LogP contribution in [0.3, 0.4) is 0 Å². The average molecular weight is 527 g/mol. The molecule has 1 N–H and O–H groups in total. The van der Waals surface area contributed by atoms with Crippen molar-refractivity contribution < 1.29 is 4.79 Å². The van der Waals surface area contributed by atoms with Crippen molar-refractivity contribution in [2.75, 3.05) is 19.6 Å². The van der Waals surface area contributed by atoms with Crippen molar-refractivity contribution in [1.82, 2.24) is 15.2 Å². The van der Waals surface area contributed by atoms with E-state index in [2.05, 4.69) is 75.9 Å². The van der Waals surface area contributed by atoms with E-state index in [0.717, 1.165) is 44.0 Å². The number of amides is 1. The van der Waals surface area contributed by atoms with Gasteiger partial charge in [0, 0.05) is 25.0 Å². The number of rotatable bonds is 10. The van der Waals surface area contributed by atoms with Crippen LogP contribution in [0.15, 0.2) is 91.3 Å². The largest absolute Gasteiger partial charge is 0.353 e. The van der Waals surface area contributed by atoms with E-state index >= 15 is 0 Å². The molecule has 2 heterocycles. The zero-order valence-corrected chi connectivity index (χ0v) is 22.3. The summed E-state index contributed by atoms with van der Waals surface area (Å²) in [5, 5.41) is 2.99. The van der Waals surface area contributed by atoms with Crippen molar-refractivity contribution in [2.24, 2.45) is 5.92 Å². The van der Waals surface area contributed by atoms with E-state index in [4.69, 9.17) is 0 Å². The Balaban J connectivity index is 0.00000228. The minimum absolute atomic E-state index is 0. The monoisotopic (exact) mass is 525 g/mol. The first-order valence-electron chi connectivity index (χ1n) is 12.5. The average Bonchev–Trinajstić information content (AvgIpc) is 2.90. The minimum Gasteiger partial charge on any atom is -0.353 e. The van der Waals surface area contributed by atoms with Crippen LogP contribution < -0.4 is 5.32 Å². The number of unbranched alkanes of at least 4 members (excludes halogenated alkanes) is 1. The van der Waals surface area contributed by atoms with Gasteiger partial charge in [-0.3, -0.25) is 14.7 Å². The van der Waals surface area contributed by atoms with Crippen LogP contribution in [0.25, 0.3) is 6.08 Å². The second kappa shape index (κ2) is 16.2. The summed E-state index contributed by atoms with van der Waals surface area (Å²) in [5.41, 5.74) is 3.69. The summed E-state index contributed by atoms with van der Waals surface area (Å²) < 4.78 is 0. The second-order valence-electron chi connectivity index (χ2n) is 9.11. The Morgan fingerprint density at radius 1 is 0.917 bits per heavy atom. The first-order valence-corrected chi connectivity index (χ1v) is 12.5. The molecule has 0 radical (unpaired) electrons. The van der Waals surface area contributed by atoms with E-state index in [1.54, 1.807) is 24.5 Å². The third-order valence-electron chi connectivity index (χ3n) is 6.69. The number of likely N-dealkylation sites (tertiary alicyclic amines) is 1. The van der Waals surface area contributed by atoms with E-state index < -0.39 is 0 Å². The maximum absolute atomic E-state index is 12.0. The van der Waals surface area contributed by atoms with Crippen molar-refractivity contribution in [2.45, 2.75) is 38.1 Å². The third kappa shape index (κ3) is 9.09. The number of nitrogens with one attached hydrogen (secondary N) is 1. The molecule has 0 aliphatic carbocycles. The third-order valence-corrected chi connectivity index (χ3v) is 6.69. The molecule has 6 heteroatoms. The lowest BCUT2D eigenvalue weighted by atomic mass is 9.88. The molecule has 1 amide bonds. The van der Waals surface area contributed by atoms with Crippen LogP contribution in [-0.2, 0) is 4.79 Å². The quantitative estimate of drug-likeness (QED) is 0.236. The van der Waals surface area contributed by atoms with E-state index in [1.807, 2.05) is 12.1 Å². The van der Waals surface area contributed by atoms with Gasteiger partial charge in [-0.1, -0.05) is 79.6 Å². The molecule has 2 aromatic carbocycles. The van der Waals surface area contributed by atoms with Crippen molar-refractivity contribution in [3.8, 4) is 0 Å². The predicted molar refractivity (Wildman–Crippen MR) is 154 cm³/mol. The fraction of sp³-hybridized carbons (Fsp3) is 0.333. The van der Waals surface area contributed by atoms with Gasteiger partial charge in [0.2, 0.25) is 5.91 Å². The van der Waals surface area contributed by atoms with Gasteiger partial charge in [0.1, 0.15) is 0 Å². The summed E-state index contributed by atoms with van der Waals surface area (Å²) >= 11 is 0. The van der Waals surface area contributed by atoms with Crippen LogP contribution >= 0.6 is 24.8 Å². The van der Waals surface area contributed by atoms with Gasteiger partial charge < -0.3 is 5.32 Å². The molecule has 0 atom stereocenters. The van der Waals surface area contributed by atoms with Crippen LogP contribution in [0.1, 0.15) is 54.8 Å². The number of benzene rings is 2.